The van der Waals surface area contributed by atoms with Crippen LogP contribution in [-0.2, 0) is 0 Å². The van der Waals surface area contributed by atoms with Gasteiger partial charge in [0.15, 0.2) is 0 Å². The van der Waals surface area contributed by atoms with Gasteiger partial charge in [-0.2, -0.15) is 0 Å². The van der Waals surface area contributed by atoms with Gasteiger partial charge in [0.25, 0.3) is 0 Å². The average Bonchev–Trinajstić information content (AvgIpc) is 2.78. The molecule has 3 aliphatic heterocycles. The number of thioether (sulfide) groups is 1. The van der Waals surface area contributed by atoms with E-state index in [1.54, 1.807) is 0 Å². The number of pyridine rings is 1. The van der Waals surface area contributed by atoms with Crippen molar-refractivity contribution in [2.75, 3.05) is 13.1 Å². The SMILES string of the molecule is C=C[C@H]1CN2CC[C@H]1C[C@H]2[C@H](Sc1ccccc1)c1ccnc2ccccc12. The van der Waals surface area contributed by atoms with E-state index in [0.29, 0.717) is 17.2 Å². The topological polar surface area (TPSA) is 16.1 Å². The third-order valence-electron chi connectivity index (χ3n) is 6.50. The van der Waals surface area contributed by atoms with Gasteiger partial charge in [-0.05, 0) is 61.1 Å². The predicted molar refractivity (Wildman–Crippen MR) is 119 cm³/mol. The van der Waals surface area contributed by atoms with Gasteiger partial charge in [0.05, 0.1) is 10.8 Å². The maximum absolute atomic E-state index is 4.61. The molecule has 2 aromatic carbocycles. The Morgan fingerprint density at radius 2 is 1.89 bits per heavy atom. The van der Waals surface area contributed by atoms with Gasteiger partial charge < -0.3 is 0 Å². The molecule has 6 rings (SSSR count). The van der Waals surface area contributed by atoms with Crippen molar-refractivity contribution in [3.05, 3.63) is 85.1 Å². The number of para-hydroxylation sites is 1. The summed E-state index contributed by atoms with van der Waals surface area (Å²) >= 11 is 2.02. The Labute approximate surface area is 171 Å². The zero-order valence-electron chi connectivity index (χ0n) is 16.1. The van der Waals surface area contributed by atoms with E-state index in [2.05, 4.69) is 83.2 Å². The fourth-order valence-electron chi connectivity index (χ4n) is 5.05. The third-order valence-corrected chi connectivity index (χ3v) is 7.87. The minimum atomic E-state index is 0.406. The van der Waals surface area contributed by atoms with Crippen LogP contribution in [0.2, 0.25) is 0 Å². The van der Waals surface area contributed by atoms with Gasteiger partial charge in [-0.25, -0.2) is 0 Å². The Hall–Kier alpha value is -2.10. The fourth-order valence-corrected chi connectivity index (χ4v) is 6.43. The van der Waals surface area contributed by atoms with E-state index in [4.69, 9.17) is 0 Å². The third kappa shape index (κ3) is 3.27. The summed E-state index contributed by atoms with van der Waals surface area (Å²) < 4.78 is 0. The number of piperidine rings is 3. The maximum Gasteiger partial charge on any atom is 0.0705 e. The van der Waals surface area contributed by atoms with E-state index in [-0.39, 0.29) is 0 Å². The molecule has 3 saturated heterocycles. The lowest BCUT2D eigenvalue weighted by atomic mass is 9.74. The lowest BCUT2D eigenvalue weighted by molar-refractivity contribution is 0.0183. The highest BCUT2D eigenvalue weighted by Gasteiger charge is 2.43. The number of hydrogen-bond acceptors (Lipinski definition) is 3. The predicted octanol–water partition coefficient (Wildman–Crippen LogP) is 5.96. The van der Waals surface area contributed by atoms with E-state index < -0.39 is 0 Å². The zero-order chi connectivity index (χ0) is 18.9. The Morgan fingerprint density at radius 3 is 2.68 bits per heavy atom. The Bertz CT molecular complexity index is 965. The summed E-state index contributed by atoms with van der Waals surface area (Å²) in [4.78, 5) is 8.68. The van der Waals surface area contributed by atoms with E-state index in [1.807, 2.05) is 18.0 Å². The quantitative estimate of drug-likeness (QED) is 0.397. The molecule has 0 N–H and O–H groups in total. The van der Waals surface area contributed by atoms with Crippen LogP contribution in [0.1, 0.15) is 23.7 Å². The standard InChI is InChI=1S/C25H26N2S/c1-2-18-17-27-15-13-19(18)16-24(27)25(28-20-8-4-3-5-9-20)22-12-14-26-23-11-7-6-10-21(22)23/h2-12,14,18-19,24-25H,1,13,15-17H2/t18-,19-,24-,25+/m0/s1. The van der Waals surface area contributed by atoms with Crippen LogP contribution < -0.4 is 0 Å². The highest BCUT2D eigenvalue weighted by molar-refractivity contribution is 7.99. The molecule has 3 fully saturated rings. The van der Waals surface area contributed by atoms with Crippen molar-refractivity contribution in [2.24, 2.45) is 11.8 Å². The number of fused-ring (bicyclic) bond motifs is 4. The normalized spacial score (nSPS) is 27.6. The smallest absolute Gasteiger partial charge is 0.0705 e. The van der Waals surface area contributed by atoms with Gasteiger partial charge in [0.2, 0.25) is 0 Å². The molecular weight excluding hydrogens is 360 g/mol. The largest absolute Gasteiger partial charge is 0.298 e. The Kier molecular flexibility index (Phi) is 4.96. The molecule has 2 nitrogen and oxygen atoms in total. The Balaban J connectivity index is 1.57. The summed E-state index contributed by atoms with van der Waals surface area (Å²) in [5.74, 6) is 1.43. The zero-order valence-corrected chi connectivity index (χ0v) is 16.9. The number of aromatic nitrogens is 1. The first kappa shape index (κ1) is 18.0. The second kappa shape index (κ2) is 7.73. The molecule has 1 unspecified atom stereocenters. The van der Waals surface area contributed by atoms with Gasteiger partial charge in [0.1, 0.15) is 0 Å². The van der Waals surface area contributed by atoms with E-state index in [0.717, 1.165) is 18.0 Å². The highest BCUT2D eigenvalue weighted by atomic mass is 32.2. The molecule has 2 bridgehead atoms. The van der Waals surface area contributed by atoms with Crippen molar-refractivity contribution < 1.29 is 0 Å². The summed E-state index contributed by atoms with van der Waals surface area (Å²) in [6.07, 6.45) is 6.75. The molecule has 4 heterocycles. The van der Waals surface area contributed by atoms with E-state index in [9.17, 15) is 0 Å². The van der Waals surface area contributed by atoms with Crippen molar-refractivity contribution in [1.82, 2.24) is 9.88 Å². The number of benzene rings is 2. The van der Waals surface area contributed by atoms with Gasteiger partial charge >= 0.3 is 0 Å². The lowest BCUT2D eigenvalue weighted by Crippen LogP contribution is -2.54. The summed E-state index contributed by atoms with van der Waals surface area (Å²) in [5.41, 5.74) is 2.52. The van der Waals surface area contributed by atoms with Crippen molar-refractivity contribution in [3.63, 3.8) is 0 Å². The van der Waals surface area contributed by atoms with Crippen LogP contribution in [0.25, 0.3) is 10.9 Å². The number of rotatable bonds is 5. The highest BCUT2D eigenvalue weighted by Crippen LogP contribution is 2.48. The van der Waals surface area contributed by atoms with Gasteiger partial charge in [0, 0.05) is 29.1 Å². The van der Waals surface area contributed by atoms with Crippen molar-refractivity contribution in [2.45, 2.75) is 29.0 Å². The summed E-state index contributed by atoms with van der Waals surface area (Å²) in [7, 11) is 0. The molecular formula is C25H26N2S. The Morgan fingerprint density at radius 1 is 1.07 bits per heavy atom. The molecule has 1 aromatic heterocycles. The molecule has 0 saturated carbocycles. The summed E-state index contributed by atoms with van der Waals surface area (Å²) in [6, 6.07) is 22.3. The van der Waals surface area contributed by atoms with E-state index >= 15 is 0 Å². The molecule has 3 aromatic rings. The molecule has 0 amide bonds. The first-order valence-electron chi connectivity index (χ1n) is 10.3. The molecule has 3 heteroatoms. The first-order valence-corrected chi connectivity index (χ1v) is 11.1. The number of hydrogen-bond donors (Lipinski definition) is 0. The van der Waals surface area contributed by atoms with Crippen molar-refractivity contribution in [1.29, 1.82) is 0 Å². The summed E-state index contributed by atoms with van der Waals surface area (Å²) in [5, 5.41) is 1.70. The van der Waals surface area contributed by atoms with Gasteiger partial charge in [-0.3, -0.25) is 9.88 Å². The monoisotopic (exact) mass is 386 g/mol. The molecule has 0 spiro atoms. The van der Waals surface area contributed by atoms with Crippen LogP contribution in [0.4, 0.5) is 0 Å². The molecule has 142 valence electrons. The molecule has 28 heavy (non-hydrogen) atoms. The second-order valence-corrected chi connectivity index (χ2v) is 9.23. The second-order valence-electron chi connectivity index (χ2n) is 8.02. The van der Waals surface area contributed by atoms with Crippen LogP contribution in [-0.4, -0.2) is 29.0 Å². The van der Waals surface area contributed by atoms with Crippen molar-refractivity contribution in [3.8, 4) is 0 Å². The number of nitrogens with zero attached hydrogens (tertiary/aromatic N) is 2. The van der Waals surface area contributed by atoms with Crippen LogP contribution >= 0.6 is 11.8 Å². The van der Waals surface area contributed by atoms with E-state index in [1.165, 1.54) is 35.2 Å². The maximum atomic E-state index is 4.61. The minimum Gasteiger partial charge on any atom is -0.298 e. The van der Waals surface area contributed by atoms with Crippen LogP contribution in [0, 0.1) is 11.8 Å². The fraction of sp³-hybridized carbons (Fsp3) is 0.320. The van der Waals surface area contributed by atoms with Gasteiger partial charge in [-0.15, -0.1) is 18.3 Å². The minimum absolute atomic E-state index is 0.406. The summed E-state index contributed by atoms with van der Waals surface area (Å²) in [6.45, 7) is 6.48. The van der Waals surface area contributed by atoms with Crippen LogP contribution in [0.5, 0.6) is 0 Å². The average molecular weight is 387 g/mol. The van der Waals surface area contributed by atoms with Crippen LogP contribution in [0.15, 0.2) is 84.4 Å². The molecule has 5 atom stereocenters. The van der Waals surface area contributed by atoms with Gasteiger partial charge in [-0.1, -0.05) is 42.5 Å². The van der Waals surface area contributed by atoms with Crippen LogP contribution in [0.3, 0.4) is 0 Å². The van der Waals surface area contributed by atoms with Crippen molar-refractivity contribution >= 4 is 22.7 Å². The lowest BCUT2D eigenvalue weighted by Gasteiger charge is -2.51. The molecule has 0 aliphatic carbocycles. The molecule has 0 radical (unpaired) electrons. The molecule has 3 aliphatic rings. The first-order chi connectivity index (χ1) is 13.8.